The van der Waals surface area contributed by atoms with Crippen LogP contribution < -0.4 is 5.32 Å². The fourth-order valence-corrected chi connectivity index (χ4v) is 1.81. The van der Waals surface area contributed by atoms with Crippen molar-refractivity contribution in [3.05, 3.63) is 59.5 Å². The van der Waals surface area contributed by atoms with E-state index in [4.69, 9.17) is 4.42 Å². The molecule has 2 N–H and O–H groups in total. The van der Waals surface area contributed by atoms with Crippen LogP contribution in [0.1, 0.15) is 28.6 Å². The Morgan fingerprint density at radius 1 is 1.37 bits per heavy atom. The third-order valence-electron chi connectivity index (χ3n) is 2.93. The molecule has 19 heavy (non-hydrogen) atoms. The molecule has 4 heteroatoms. The summed E-state index contributed by atoms with van der Waals surface area (Å²) in [5.41, 5.74) is 0.379. The summed E-state index contributed by atoms with van der Waals surface area (Å²) in [6.45, 7) is 3.62. The van der Waals surface area contributed by atoms with Gasteiger partial charge in [-0.05, 0) is 38.1 Å². The summed E-state index contributed by atoms with van der Waals surface area (Å²) >= 11 is 0. The molecule has 1 atom stereocenters. The van der Waals surface area contributed by atoms with E-state index < -0.39 is 5.60 Å². The van der Waals surface area contributed by atoms with Crippen molar-refractivity contribution < 1.29 is 14.3 Å². The molecule has 1 unspecified atom stereocenters. The first kappa shape index (κ1) is 13.4. The first-order chi connectivity index (χ1) is 8.99. The van der Waals surface area contributed by atoms with Crippen molar-refractivity contribution >= 4 is 5.91 Å². The van der Waals surface area contributed by atoms with Gasteiger partial charge in [-0.1, -0.05) is 17.7 Å². The van der Waals surface area contributed by atoms with Crippen molar-refractivity contribution in [1.82, 2.24) is 5.32 Å². The molecule has 1 amide bonds. The summed E-state index contributed by atoms with van der Waals surface area (Å²) in [5.74, 6) is 0.215. The molecule has 1 heterocycles. The van der Waals surface area contributed by atoms with Crippen LogP contribution in [0.2, 0.25) is 0 Å². The maximum atomic E-state index is 12.0. The lowest BCUT2D eigenvalue weighted by molar-refractivity contribution is 0.0330. The van der Waals surface area contributed by atoms with Crippen molar-refractivity contribution in [3.63, 3.8) is 0 Å². The Morgan fingerprint density at radius 3 is 2.79 bits per heavy atom. The zero-order valence-electron chi connectivity index (χ0n) is 11.0. The molecule has 0 radical (unpaired) electrons. The van der Waals surface area contributed by atoms with Crippen LogP contribution in [0.25, 0.3) is 0 Å². The van der Waals surface area contributed by atoms with Gasteiger partial charge >= 0.3 is 0 Å². The molecule has 2 rings (SSSR count). The standard InChI is InChI=1S/C15H17NO3/c1-11-5-3-6-12(9-11)14(17)16-10-15(2,18)13-7-4-8-19-13/h3-9,18H,10H2,1-2H3,(H,16,17). The lowest BCUT2D eigenvalue weighted by Crippen LogP contribution is -2.38. The van der Waals surface area contributed by atoms with E-state index >= 15 is 0 Å². The van der Waals surface area contributed by atoms with Crippen molar-refractivity contribution in [2.75, 3.05) is 6.54 Å². The van der Waals surface area contributed by atoms with Crippen LogP contribution in [0, 0.1) is 6.92 Å². The average Bonchev–Trinajstić information content (AvgIpc) is 2.90. The molecule has 1 aromatic carbocycles. The number of amides is 1. The Kier molecular flexibility index (Phi) is 3.71. The molecule has 0 saturated carbocycles. The van der Waals surface area contributed by atoms with Crippen LogP contribution in [0.3, 0.4) is 0 Å². The van der Waals surface area contributed by atoms with E-state index in [1.165, 1.54) is 6.26 Å². The minimum absolute atomic E-state index is 0.0906. The number of aryl methyl sites for hydroxylation is 1. The van der Waals surface area contributed by atoms with E-state index in [0.717, 1.165) is 5.56 Å². The molecule has 0 aliphatic carbocycles. The zero-order chi connectivity index (χ0) is 13.9. The van der Waals surface area contributed by atoms with Crippen LogP contribution in [-0.4, -0.2) is 17.6 Å². The van der Waals surface area contributed by atoms with Gasteiger partial charge < -0.3 is 14.8 Å². The smallest absolute Gasteiger partial charge is 0.251 e. The predicted octanol–water partition coefficient (Wildman–Crippen LogP) is 2.23. The normalized spacial score (nSPS) is 13.8. The van der Waals surface area contributed by atoms with Gasteiger partial charge in [-0.3, -0.25) is 4.79 Å². The SMILES string of the molecule is Cc1cccc(C(=O)NCC(C)(O)c2ccco2)c1. The summed E-state index contributed by atoms with van der Waals surface area (Å²) in [6.07, 6.45) is 1.49. The van der Waals surface area contributed by atoms with Gasteiger partial charge in [0.1, 0.15) is 11.4 Å². The summed E-state index contributed by atoms with van der Waals surface area (Å²) in [5, 5.41) is 12.9. The highest BCUT2D eigenvalue weighted by Gasteiger charge is 2.26. The highest BCUT2D eigenvalue weighted by Crippen LogP contribution is 2.19. The second-order valence-electron chi connectivity index (χ2n) is 4.80. The number of aliphatic hydroxyl groups is 1. The second kappa shape index (κ2) is 5.28. The summed E-state index contributed by atoms with van der Waals surface area (Å²) in [7, 11) is 0. The lowest BCUT2D eigenvalue weighted by atomic mass is 10.0. The lowest BCUT2D eigenvalue weighted by Gasteiger charge is -2.21. The fourth-order valence-electron chi connectivity index (χ4n) is 1.81. The number of hydrogen-bond donors (Lipinski definition) is 2. The molecular weight excluding hydrogens is 242 g/mol. The van der Waals surface area contributed by atoms with E-state index in [-0.39, 0.29) is 12.5 Å². The van der Waals surface area contributed by atoms with Gasteiger partial charge in [0.25, 0.3) is 5.91 Å². The predicted molar refractivity (Wildman–Crippen MR) is 71.8 cm³/mol. The number of carbonyl (C=O) groups excluding carboxylic acids is 1. The summed E-state index contributed by atoms with van der Waals surface area (Å²) in [4.78, 5) is 12.0. The largest absolute Gasteiger partial charge is 0.466 e. The second-order valence-corrected chi connectivity index (χ2v) is 4.80. The maximum Gasteiger partial charge on any atom is 0.251 e. The molecule has 0 saturated heterocycles. The zero-order valence-corrected chi connectivity index (χ0v) is 11.0. The first-order valence-corrected chi connectivity index (χ1v) is 6.10. The van der Waals surface area contributed by atoms with Crippen molar-refractivity contribution in [1.29, 1.82) is 0 Å². The Hall–Kier alpha value is -2.07. The molecule has 4 nitrogen and oxygen atoms in total. The van der Waals surface area contributed by atoms with Crippen LogP contribution >= 0.6 is 0 Å². The molecule has 1 aromatic heterocycles. The van der Waals surface area contributed by atoms with Crippen LogP contribution in [-0.2, 0) is 5.60 Å². The van der Waals surface area contributed by atoms with Crippen molar-refractivity contribution in [3.8, 4) is 0 Å². The first-order valence-electron chi connectivity index (χ1n) is 6.10. The Balaban J connectivity index is 2.01. The number of hydrogen-bond acceptors (Lipinski definition) is 3. The quantitative estimate of drug-likeness (QED) is 0.885. The monoisotopic (exact) mass is 259 g/mol. The summed E-state index contributed by atoms with van der Waals surface area (Å²) < 4.78 is 5.15. The number of benzene rings is 1. The van der Waals surface area contributed by atoms with Gasteiger partial charge in [0.05, 0.1) is 12.8 Å². The minimum Gasteiger partial charge on any atom is -0.466 e. The Labute approximate surface area is 112 Å². The maximum absolute atomic E-state index is 12.0. The highest BCUT2D eigenvalue weighted by molar-refractivity contribution is 5.94. The fraction of sp³-hybridized carbons (Fsp3) is 0.267. The third-order valence-corrected chi connectivity index (χ3v) is 2.93. The number of carbonyl (C=O) groups is 1. The topological polar surface area (TPSA) is 62.5 Å². The summed E-state index contributed by atoms with van der Waals surface area (Å²) in [6, 6.07) is 10.7. The third kappa shape index (κ3) is 3.23. The van der Waals surface area contributed by atoms with Crippen molar-refractivity contribution in [2.24, 2.45) is 0 Å². The number of rotatable bonds is 4. The van der Waals surface area contributed by atoms with E-state index in [0.29, 0.717) is 11.3 Å². The molecule has 0 fully saturated rings. The minimum atomic E-state index is -1.22. The molecule has 0 aliphatic rings. The van der Waals surface area contributed by atoms with Gasteiger partial charge in [0, 0.05) is 5.56 Å². The number of furan rings is 1. The molecule has 100 valence electrons. The van der Waals surface area contributed by atoms with E-state index in [9.17, 15) is 9.90 Å². The van der Waals surface area contributed by atoms with Crippen LogP contribution in [0.5, 0.6) is 0 Å². The molecule has 2 aromatic rings. The van der Waals surface area contributed by atoms with E-state index in [2.05, 4.69) is 5.32 Å². The Morgan fingerprint density at radius 2 is 2.16 bits per heavy atom. The highest BCUT2D eigenvalue weighted by atomic mass is 16.4. The molecular formula is C15H17NO3. The van der Waals surface area contributed by atoms with Gasteiger partial charge in [0.15, 0.2) is 0 Å². The van der Waals surface area contributed by atoms with Gasteiger partial charge in [-0.15, -0.1) is 0 Å². The van der Waals surface area contributed by atoms with Crippen molar-refractivity contribution in [2.45, 2.75) is 19.4 Å². The van der Waals surface area contributed by atoms with Crippen LogP contribution in [0.15, 0.2) is 47.1 Å². The Bertz CT molecular complexity index is 559. The molecule has 0 bridgehead atoms. The van der Waals surface area contributed by atoms with E-state index in [1.54, 1.807) is 31.2 Å². The number of nitrogens with one attached hydrogen (secondary N) is 1. The van der Waals surface area contributed by atoms with E-state index in [1.807, 2.05) is 19.1 Å². The van der Waals surface area contributed by atoms with Gasteiger partial charge in [-0.25, -0.2) is 0 Å². The van der Waals surface area contributed by atoms with Gasteiger partial charge in [0.2, 0.25) is 0 Å². The average molecular weight is 259 g/mol. The van der Waals surface area contributed by atoms with Crippen LogP contribution in [0.4, 0.5) is 0 Å². The molecule has 0 spiro atoms. The molecule has 0 aliphatic heterocycles. The van der Waals surface area contributed by atoms with Gasteiger partial charge in [-0.2, -0.15) is 0 Å².